The van der Waals surface area contributed by atoms with E-state index in [9.17, 15) is 0 Å². The molecule has 1 saturated heterocycles. The van der Waals surface area contributed by atoms with Crippen molar-refractivity contribution >= 4 is 17.5 Å². The van der Waals surface area contributed by atoms with Gasteiger partial charge in [-0.2, -0.15) is 4.98 Å². The quantitative estimate of drug-likeness (QED) is 0.890. The number of aromatic nitrogens is 2. The van der Waals surface area contributed by atoms with Crippen molar-refractivity contribution < 1.29 is 4.74 Å². The number of benzene rings is 1. The molecule has 0 saturated carbocycles. The van der Waals surface area contributed by atoms with Gasteiger partial charge in [0.2, 0.25) is 5.95 Å². The van der Waals surface area contributed by atoms with Crippen molar-refractivity contribution in [3.63, 3.8) is 0 Å². The number of nitrogens with one attached hydrogen (secondary N) is 1. The zero-order chi connectivity index (χ0) is 16.9. The van der Waals surface area contributed by atoms with E-state index in [1.165, 1.54) is 12.8 Å². The summed E-state index contributed by atoms with van der Waals surface area (Å²) in [6, 6.07) is 9.86. The highest BCUT2D eigenvalue weighted by Crippen LogP contribution is 2.23. The first-order valence-electron chi connectivity index (χ1n) is 8.72. The standard InChI is InChI=1S/C19H26N4O/c1-14(2)24-17-6-4-16(5-7-17)21-19-20-11-8-18(22-19)23-12-9-15(3)10-13-23/h4-8,11,14-15H,9-10,12-13H2,1-3H3,(H,20,21,22). The third-order valence-electron chi connectivity index (χ3n) is 4.23. The molecule has 1 fully saturated rings. The van der Waals surface area contributed by atoms with E-state index >= 15 is 0 Å². The Kier molecular flexibility index (Phi) is 5.18. The van der Waals surface area contributed by atoms with Gasteiger partial charge in [-0.15, -0.1) is 0 Å². The van der Waals surface area contributed by atoms with Crippen LogP contribution in [0.5, 0.6) is 5.75 Å². The lowest BCUT2D eigenvalue weighted by molar-refractivity contribution is 0.242. The molecule has 1 aliphatic heterocycles. The van der Waals surface area contributed by atoms with E-state index in [0.717, 1.165) is 36.3 Å². The summed E-state index contributed by atoms with van der Waals surface area (Å²) >= 11 is 0. The van der Waals surface area contributed by atoms with Gasteiger partial charge in [-0.3, -0.25) is 0 Å². The van der Waals surface area contributed by atoms with E-state index in [0.29, 0.717) is 5.95 Å². The molecule has 2 heterocycles. The van der Waals surface area contributed by atoms with Crippen LogP contribution in [0.1, 0.15) is 33.6 Å². The second-order valence-electron chi connectivity index (χ2n) is 6.72. The van der Waals surface area contributed by atoms with Gasteiger partial charge in [-0.1, -0.05) is 6.92 Å². The zero-order valence-corrected chi connectivity index (χ0v) is 14.7. The highest BCUT2D eigenvalue weighted by atomic mass is 16.5. The van der Waals surface area contributed by atoms with Crippen LogP contribution < -0.4 is 15.0 Å². The van der Waals surface area contributed by atoms with Crippen molar-refractivity contribution in [3.8, 4) is 5.75 Å². The van der Waals surface area contributed by atoms with Crippen LogP contribution in [-0.2, 0) is 0 Å². The van der Waals surface area contributed by atoms with Crippen LogP contribution in [0.4, 0.5) is 17.5 Å². The lowest BCUT2D eigenvalue weighted by Gasteiger charge is -2.31. The first-order chi connectivity index (χ1) is 11.6. The molecule has 1 aromatic heterocycles. The molecule has 0 radical (unpaired) electrons. The first kappa shape index (κ1) is 16.6. The summed E-state index contributed by atoms with van der Waals surface area (Å²) in [6.45, 7) is 8.49. The molecule has 0 bridgehead atoms. The van der Waals surface area contributed by atoms with Crippen LogP contribution >= 0.6 is 0 Å². The minimum absolute atomic E-state index is 0.177. The Hall–Kier alpha value is -2.30. The smallest absolute Gasteiger partial charge is 0.229 e. The van der Waals surface area contributed by atoms with Crippen LogP contribution in [0.15, 0.2) is 36.5 Å². The summed E-state index contributed by atoms with van der Waals surface area (Å²) in [4.78, 5) is 11.3. The maximum atomic E-state index is 5.66. The third-order valence-corrected chi connectivity index (χ3v) is 4.23. The molecule has 0 spiro atoms. The monoisotopic (exact) mass is 326 g/mol. The van der Waals surface area contributed by atoms with Gasteiger partial charge in [0.15, 0.2) is 0 Å². The van der Waals surface area contributed by atoms with Crippen LogP contribution in [0.25, 0.3) is 0 Å². The van der Waals surface area contributed by atoms with Crippen LogP contribution in [0.3, 0.4) is 0 Å². The van der Waals surface area contributed by atoms with Crippen LogP contribution in [0, 0.1) is 5.92 Å². The van der Waals surface area contributed by atoms with Gasteiger partial charge in [-0.25, -0.2) is 4.98 Å². The van der Waals surface area contributed by atoms with Gasteiger partial charge in [0.25, 0.3) is 0 Å². The molecule has 0 aliphatic carbocycles. The Morgan fingerprint density at radius 3 is 2.50 bits per heavy atom. The Balaban J connectivity index is 1.66. The van der Waals surface area contributed by atoms with Crippen LogP contribution in [-0.4, -0.2) is 29.2 Å². The topological polar surface area (TPSA) is 50.3 Å². The summed E-state index contributed by atoms with van der Waals surface area (Å²) < 4.78 is 5.66. The van der Waals surface area contributed by atoms with Crippen molar-refractivity contribution in [2.75, 3.05) is 23.3 Å². The van der Waals surface area contributed by atoms with Crippen molar-refractivity contribution in [2.24, 2.45) is 5.92 Å². The number of anilines is 3. The maximum Gasteiger partial charge on any atom is 0.229 e. The lowest BCUT2D eigenvalue weighted by atomic mass is 9.99. The molecule has 1 aromatic carbocycles. The lowest BCUT2D eigenvalue weighted by Crippen LogP contribution is -2.33. The van der Waals surface area contributed by atoms with E-state index in [2.05, 4.69) is 27.1 Å². The highest BCUT2D eigenvalue weighted by molar-refractivity contribution is 5.56. The molecule has 1 aliphatic rings. The molecule has 0 amide bonds. The SMILES string of the molecule is CC1CCN(c2ccnc(Nc3ccc(OC(C)C)cc3)n2)CC1. The molecule has 0 unspecified atom stereocenters. The van der Waals surface area contributed by atoms with Crippen molar-refractivity contribution in [1.29, 1.82) is 0 Å². The van der Waals surface area contributed by atoms with Crippen LogP contribution in [0.2, 0.25) is 0 Å². The van der Waals surface area contributed by atoms with Gasteiger partial charge in [-0.05, 0) is 62.9 Å². The molecular weight excluding hydrogens is 300 g/mol. The largest absolute Gasteiger partial charge is 0.491 e. The van der Waals surface area contributed by atoms with Gasteiger partial charge in [0, 0.05) is 25.0 Å². The number of hydrogen-bond donors (Lipinski definition) is 1. The van der Waals surface area contributed by atoms with Gasteiger partial charge in [0.1, 0.15) is 11.6 Å². The van der Waals surface area contributed by atoms with E-state index in [4.69, 9.17) is 4.74 Å². The Morgan fingerprint density at radius 2 is 1.83 bits per heavy atom. The van der Waals surface area contributed by atoms with E-state index in [1.807, 2.05) is 50.4 Å². The van der Waals surface area contributed by atoms with Crippen molar-refractivity contribution in [3.05, 3.63) is 36.5 Å². The maximum absolute atomic E-state index is 5.66. The molecule has 24 heavy (non-hydrogen) atoms. The fraction of sp³-hybridized carbons (Fsp3) is 0.474. The Morgan fingerprint density at radius 1 is 1.12 bits per heavy atom. The second-order valence-corrected chi connectivity index (χ2v) is 6.72. The summed E-state index contributed by atoms with van der Waals surface area (Å²) in [6.07, 6.45) is 4.45. The average molecular weight is 326 g/mol. The number of nitrogens with zero attached hydrogens (tertiary/aromatic N) is 3. The van der Waals surface area contributed by atoms with E-state index in [-0.39, 0.29) is 6.10 Å². The van der Waals surface area contributed by atoms with E-state index in [1.54, 1.807) is 0 Å². The molecule has 5 heteroatoms. The molecule has 3 rings (SSSR count). The normalized spacial score (nSPS) is 15.6. The molecule has 128 valence electrons. The van der Waals surface area contributed by atoms with Gasteiger partial charge < -0.3 is 15.0 Å². The Bertz CT molecular complexity index is 649. The zero-order valence-electron chi connectivity index (χ0n) is 14.7. The minimum Gasteiger partial charge on any atom is -0.491 e. The average Bonchev–Trinajstić information content (AvgIpc) is 2.57. The number of hydrogen-bond acceptors (Lipinski definition) is 5. The summed E-state index contributed by atoms with van der Waals surface area (Å²) in [5.41, 5.74) is 0.954. The summed E-state index contributed by atoms with van der Waals surface area (Å²) in [7, 11) is 0. The van der Waals surface area contributed by atoms with E-state index < -0.39 is 0 Å². The molecule has 1 N–H and O–H groups in total. The highest BCUT2D eigenvalue weighted by Gasteiger charge is 2.17. The summed E-state index contributed by atoms with van der Waals surface area (Å²) in [5, 5.41) is 3.27. The summed E-state index contributed by atoms with van der Waals surface area (Å²) in [5.74, 6) is 3.31. The fourth-order valence-corrected chi connectivity index (χ4v) is 2.84. The molecule has 5 nitrogen and oxygen atoms in total. The predicted octanol–water partition coefficient (Wildman–Crippen LogP) is 4.24. The number of ether oxygens (including phenoxy) is 1. The van der Waals surface area contributed by atoms with Crippen molar-refractivity contribution in [1.82, 2.24) is 9.97 Å². The third kappa shape index (κ3) is 4.37. The predicted molar refractivity (Wildman–Crippen MR) is 98.1 cm³/mol. The first-order valence-corrected chi connectivity index (χ1v) is 8.72. The Labute approximate surface area is 144 Å². The van der Waals surface area contributed by atoms with Gasteiger partial charge in [0.05, 0.1) is 6.10 Å². The molecular formula is C19H26N4O. The second kappa shape index (κ2) is 7.51. The van der Waals surface area contributed by atoms with Gasteiger partial charge >= 0.3 is 0 Å². The fourth-order valence-electron chi connectivity index (χ4n) is 2.84. The number of rotatable bonds is 5. The minimum atomic E-state index is 0.177. The molecule has 0 atom stereocenters. The number of piperidine rings is 1. The van der Waals surface area contributed by atoms with Crippen molar-refractivity contribution in [2.45, 2.75) is 39.7 Å². The molecule has 2 aromatic rings.